The van der Waals surface area contributed by atoms with Crippen LogP contribution in [0.2, 0.25) is 0 Å². The van der Waals surface area contributed by atoms with Gasteiger partial charge < -0.3 is 9.84 Å². The van der Waals surface area contributed by atoms with E-state index in [1.165, 1.54) is 4.90 Å². The van der Waals surface area contributed by atoms with Gasteiger partial charge in [-0.2, -0.15) is 0 Å². The molecule has 0 bridgehead atoms. The molecule has 1 amide bonds. The molecule has 1 saturated heterocycles. The Balaban J connectivity index is 1.69. The van der Waals surface area contributed by atoms with Gasteiger partial charge in [-0.3, -0.25) is 14.5 Å². The van der Waals surface area contributed by atoms with Gasteiger partial charge in [-0.1, -0.05) is 42.5 Å². The van der Waals surface area contributed by atoms with Crippen LogP contribution in [0.15, 0.2) is 78.4 Å². The lowest BCUT2D eigenvalue weighted by molar-refractivity contribution is -0.132. The summed E-state index contributed by atoms with van der Waals surface area (Å²) in [7, 11) is 0. The van der Waals surface area contributed by atoms with Gasteiger partial charge in [0.2, 0.25) is 0 Å². The highest BCUT2D eigenvalue weighted by molar-refractivity contribution is 6.51. The second kappa shape index (κ2) is 7.68. The number of aliphatic hydroxyl groups is 1. The van der Waals surface area contributed by atoms with E-state index in [-0.39, 0.29) is 17.4 Å². The molecule has 5 heteroatoms. The quantitative estimate of drug-likeness (QED) is 0.367. The number of carbonyl (C=O) groups is 2. The number of carbonyl (C=O) groups excluding carboxylic acids is 2. The topological polar surface area (TPSA) is 66.8 Å². The molecule has 0 aliphatic carbocycles. The highest BCUT2D eigenvalue weighted by Crippen LogP contribution is 2.43. The lowest BCUT2D eigenvalue weighted by Crippen LogP contribution is -2.29. The summed E-state index contributed by atoms with van der Waals surface area (Å²) in [5.41, 5.74) is 3.93. The number of aryl methyl sites for hydroxylation is 1. The van der Waals surface area contributed by atoms with E-state index in [1.807, 2.05) is 80.6 Å². The molecular weight excluding hydrogens is 402 g/mol. The van der Waals surface area contributed by atoms with E-state index in [1.54, 1.807) is 6.07 Å². The minimum Gasteiger partial charge on any atom is -0.507 e. The van der Waals surface area contributed by atoms with Gasteiger partial charge >= 0.3 is 0 Å². The Morgan fingerprint density at radius 1 is 1.00 bits per heavy atom. The van der Waals surface area contributed by atoms with Crippen LogP contribution in [0.3, 0.4) is 0 Å². The first-order chi connectivity index (χ1) is 15.4. The average molecular weight is 425 g/mol. The number of hydrogen-bond acceptors (Lipinski definition) is 4. The first kappa shape index (κ1) is 20.1. The molecule has 2 aliphatic rings. The van der Waals surface area contributed by atoms with Crippen molar-refractivity contribution >= 4 is 23.1 Å². The molecule has 2 aliphatic heterocycles. The molecule has 3 aromatic carbocycles. The molecule has 2 unspecified atom stereocenters. The smallest absolute Gasteiger partial charge is 0.300 e. The average Bonchev–Trinajstić information content (AvgIpc) is 3.29. The third kappa shape index (κ3) is 3.26. The highest BCUT2D eigenvalue weighted by atomic mass is 16.5. The minimum absolute atomic E-state index is 0.0682. The van der Waals surface area contributed by atoms with Gasteiger partial charge in [0.25, 0.3) is 11.7 Å². The molecule has 5 nitrogen and oxygen atoms in total. The first-order valence-electron chi connectivity index (χ1n) is 10.7. The number of rotatable bonds is 3. The van der Waals surface area contributed by atoms with Crippen LogP contribution in [0.1, 0.15) is 35.2 Å². The lowest BCUT2D eigenvalue weighted by atomic mass is 9.94. The molecule has 3 aromatic rings. The number of benzene rings is 3. The summed E-state index contributed by atoms with van der Waals surface area (Å²) in [5, 5.41) is 11.3. The van der Waals surface area contributed by atoms with Crippen molar-refractivity contribution in [1.29, 1.82) is 0 Å². The Hall–Kier alpha value is -3.86. The van der Waals surface area contributed by atoms with E-state index in [0.717, 1.165) is 28.9 Å². The van der Waals surface area contributed by atoms with Crippen molar-refractivity contribution in [2.45, 2.75) is 32.4 Å². The van der Waals surface area contributed by atoms with Crippen LogP contribution in [0.5, 0.6) is 5.75 Å². The van der Waals surface area contributed by atoms with Gasteiger partial charge in [-0.25, -0.2) is 0 Å². The summed E-state index contributed by atoms with van der Waals surface area (Å²) in [4.78, 5) is 27.9. The number of amides is 1. The molecule has 0 saturated carbocycles. The van der Waals surface area contributed by atoms with Crippen LogP contribution in [0.25, 0.3) is 5.76 Å². The number of hydrogen-bond donors (Lipinski definition) is 1. The van der Waals surface area contributed by atoms with E-state index in [9.17, 15) is 14.7 Å². The number of nitrogens with zero attached hydrogens (tertiary/aromatic N) is 1. The maximum absolute atomic E-state index is 13.2. The molecule has 32 heavy (non-hydrogen) atoms. The number of aliphatic hydroxyl groups excluding tert-OH is 1. The second-order valence-corrected chi connectivity index (χ2v) is 8.37. The fraction of sp³-hybridized carbons (Fsp3) is 0.185. The van der Waals surface area contributed by atoms with Gasteiger partial charge in [0.05, 0.1) is 11.6 Å². The maximum atomic E-state index is 13.2. The Morgan fingerprint density at radius 2 is 1.78 bits per heavy atom. The SMILES string of the molecule is Cc1cccc(N2C(=O)C(=O)/C(=C(\O)c3ccc4c(c3)CC(C)O4)C2c2ccccc2)c1. The molecule has 2 atom stereocenters. The van der Waals surface area contributed by atoms with Crippen molar-refractivity contribution in [3.63, 3.8) is 0 Å². The molecule has 1 N–H and O–H groups in total. The monoisotopic (exact) mass is 425 g/mol. The Kier molecular flexibility index (Phi) is 4.82. The van der Waals surface area contributed by atoms with Gasteiger partial charge in [-0.05, 0) is 60.9 Å². The molecule has 1 fully saturated rings. The second-order valence-electron chi connectivity index (χ2n) is 8.37. The van der Waals surface area contributed by atoms with Gasteiger partial charge in [-0.15, -0.1) is 0 Å². The zero-order valence-corrected chi connectivity index (χ0v) is 17.9. The molecule has 0 spiro atoms. The highest BCUT2D eigenvalue weighted by Gasteiger charge is 2.47. The molecule has 2 heterocycles. The van der Waals surface area contributed by atoms with Crippen molar-refractivity contribution in [3.8, 4) is 5.75 Å². The van der Waals surface area contributed by atoms with E-state index >= 15 is 0 Å². The Labute approximate surface area is 186 Å². The lowest BCUT2D eigenvalue weighted by Gasteiger charge is -2.25. The summed E-state index contributed by atoms with van der Waals surface area (Å²) in [6, 6.07) is 21.5. The van der Waals surface area contributed by atoms with Crippen molar-refractivity contribution in [2.24, 2.45) is 0 Å². The summed E-state index contributed by atoms with van der Waals surface area (Å²) >= 11 is 0. The van der Waals surface area contributed by atoms with Crippen LogP contribution >= 0.6 is 0 Å². The third-order valence-electron chi connectivity index (χ3n) is 6.01. The Morgan fingerprint density at radius 3 is 2.53 bits per heavy atom. The zero-order chi connectivity index (χ0) is 22.4. The van der Waals surface area contributed by atoms with E-state index in [0.29, 0.717) is 11.3 Å². The van der Waals surface area contributed by atoms with Crippen LogP contribution in [0, 0.1) is 6.92 Å². The molecular formula is C27H23NO4. The number of anilines is 1. The normalized spacial score (nSPS) is 21.5. The van der Waals surface area contributed by atoms with Gasteiger partial charge in [0.1, 0.15) is 17.6 Å². The Bertz CT molecular complexity index is 1260. The van der Waals surface area contributed by atoms with Gasteiger partial charge in [0.15, 0.2) is 0 Å². The summed E-state index contributed by atoms with van der Waals surface area (Å²) < 4.78 is 5.75. The van der Waals surface area contributed by atoms with E-state index in [4.69, 9.17) is 4.74 Å². The minimum atomic E-state index is -0.721. The first-order valence-corrected chi connectivity index (χ1v) is 10.7. The van der Waals surface area contributed by atoms with E-state index in [2.05, 4.69) is 0 Å². The fourth-order valence-electron chi connectivity index (χ4n) is 4.55. The third-order valence-corrected chi connectivity index (χ3v) is 6.01. The number of Topliss-reactive ketones (excluding diaryl/α,β-unsaturated/α-hetero) is 1. The molecule has 0 radical (unpaired) electrons. The van der Waals surface area contributed by atoms with E-state index < -0.39 is 17.7 Å². The summed E-state index contributed by atoms with van der Waals surface area (Å²) in [6.45, 7) is 3.92. The number of fused-ring (bicyclic) bond motifs is 1. The standard InChI is InChI=1S/C27H23NO4/c1-16-7-6-10-21(13-16)28-24(18-8-4-3-5-9-18)23(26(30)27(28)31)25(29)19-11-12-22-20(15-19)14-17(2)32-22/h3-13,15,17,24,29H,14H2,1-2H3/b25-23-. The predicted octanol–water partition coefficient (Wildman–Crippen LogP) is 4.94. The molecule has 5 rings (SSSR count). The largest absolute Gasteiger partial charge is 0.507 e. The van der Waals surface area contributed by atoms with Crippen LogP contribution in [-0.2, 0) is 16.0 Å². The summed E-state index contributed by atoms with van der Waals surface area (Å²) in [5.74, 6) is -0.726. The summed E-state index contributed by atoms with van der Waals surface area (Å²) in [6.07, 6.45) is 0.800. The van der Waals surface area contributed by atoms with Crippen molar-refractivity contribution < 1.29 is 19.4 Å². The van der Waals surface area contributed by atoms with Crippen LogP contribution < -0.4 is 9.64 Å². The predicted molar refractivity (Wildman–Crippen MR) is 123 cm³/mol. The van der Waals surface area contributed by atoms with Crippen molar-refractivity contribution in [3.05, 3.63) is 101 Å². The van der Waals surface area contributed by atoms with Crippen molar-refractivity contribution in [1.82, 2.24) is 0 Å². The van der Waals surface area contributed by atoms with Crippen molar-refractivity contribution in [2.75, 3.05) is 4.90 Å². The van der Waals surface area contributed by atoms with Crippen LogP contribution in [0.4, 0.5) is 5.69 Å². The van der Waals surface area contributed by atoms with Gasteiger partial charge in [0, 0.05) is 17.7 Å². The van der Waals surface area contributed by atoms with Crippen LogP contribution in [-0.4, -0.2) is 22.9 Å². The number of ether oxygens (including phenoxy) is 1. The zero-order valence-electron chi connectivity index (χ0n) is 17.9. The fourth-order valence-corrected chi connectivity index (χ4v) is 4.55. The number of ketones is 1. The maximum Gasteiger partial charge on any atom is 0.300 e. The molecule has 0 aromatic heterocycles. The molecule has 160 valence electrons.